The van der Waals surface area contributed by atoms with Gasteiger partial charge in [0.15, 0.2) is 0 Å². The van der Waals surface area contributed by atoms with Crippen LogP contribution >= 0.6 is 0 Å². The zero-order valence-electron chi connectivity index (χ0n) is 29.7. The molecule has 0 amide bonds. The van der Waals surface area contributed by atoms with E-state index < -0.39 is 0 Å². The molecule has 0 radical (unpaired) electrons. The van der Waals surface area contributed by atoms with Crippen molar-refractivity contribution in [1.29, 1.82) is 0 Å². The molecular weight excluding hydrogens is 508 g/mol. The summed E-state index contributed by atoms with van der Waals surface area (Å²) in [4.78, 5) is 5.43. The highest BCUT2D eigenvalue weighted by atomic mass is 15.4. The van der Waals surface area contributed by atoms with Gasteiger partial charge in [-0.05, 0) is 25.7 Å². The van der Waals surface area contributed by atoms with Crippen molar-refractivity contribution in [2.45, 2.75) is 232 Å². The molecule has 0 aromatic carbocycles. The maximum absolute atomic E-state index is 2.72. The van der Waals surface area contributed by atoms with E-state index in [-0.39, 0.29) is 0 Å². The van der Waals surface area contributed by atoms with Gasteiger partial charge in [-0.15, -0.1) is 0 Å². The summed E-state index contributed by atoms with van der Waals surface area (Å²) in [7, 11) is 0. The summed E-state index contributed by atoms with van der Waals surface area (Å²) in [6, 6.07) is 0. The van der Waals surface area contributed by atoms with Crippen LogP contribution in [-0.2, 0) is 0 Å². The Morgan fingerprint density at radius 2 is 0.548 bits per heavy atom. The molecule has 1 aliphatic heterocycles. The first-order valence-electron chi connectivity index (χ1n) is 20.0. The second-order valence-electron chi connectivity index (χ2n) is 13.9. The highest BCUT2D eigenvalue weighted by molar-refractivity contribution is 4.97. The number of nitrogens with zero attached hydrogens (tertiary/aromatic N) is 2. The fourth-order valence-electron chi connectivity index (χ4n) is 6.89. The molecule has 2 nitrogen and oxygen atoms in total. The number of unbranched alkanes of at least 4 members (excludes halogenated alkanes) is 28. The van der Waals surface area contributed by atoms with Crippen LogP contribution in [0.2, 0.25) is 0 Å². The van der Waals surface area contributed by atoms with Gasteiger partial charge in [0, 0.05) is 25.5 Å². The molecule has 250 valence electrons. The van der Waals surface area contributed by atoms with E-state index in [0.717, 1.165) is 0 Å². The first-order chi connectivity index (χ1) is 20.8. The number of hydrogen-bond donors (Lipinski definition) is 0. The average Bonchev–Trinajstić information content (AvgIpc) is 3.38. The lowest BCUT2D eigenvalue weighted by atomic mass is 10.0. The van der Waals surface area contributed by atoms with Gasteiger partial charge in [-0.3, -0.25) is 0 Å². The van der Waals surface area contributed by atoms with Gasteiger partial charge < -0.3 is 9.80 Å². The molecule has 1 aliphatic rings. The van der Waals surface area contributed by atoms with Crippen molar-refractivity contribution in [2.24, 2.45) is 0 Å². The van der Waals surface area contributed by atoms with Crippen molar-refractivity contribution in [3.05, 3.63) is 12.4 Å². The molecule has 1 unspecified atom stereocenters. The zero-order valence-corrected chi connectivity index (χ0v) is 29.7. The fourth-order valence-corrected chi connectivity index (χ4v) is 6.89. The summed E-state index contributed by atoms with van der Waals surface area (Å²) >= 11 is 0. The lowest BCUT2D eigenvalue weighted by molar-refractivity contribution is 0.135. The van der Waals surface area contributed by atoms with Crippen LogP contribution in [0.1, 0.15) is 226 Å². The highest BCUT2D eigenvalue weighted by Crippen LogP contribution is 2.24. The molecule has 1 rings (SSSR count). The van der Waals surface area contributed by atoms with Crippen LogP contribution in [0.3, 0.4) is 0 Å². The van der Waals surface area contributed by atoms with E-state index in [1.54, 1.807) is 0 Å². The minimum atomic E-state index is 0.640. The minimum Gasteiger partial charge on any atom is -0.356 e. The van der Waals surface area contributed by atoms with Gasteiger partial charge in [-0.2, -0.15) is 0 Å². The highest BCUT2D eigenvalue weighted by Gasteiger charge is 2.24. The Labute approximate surface area is 267 Å². The van der Waals surface area contributed by atoms with Crippen LogP contribution in [0.5, 0.6) is 0 Å². The third-order valence-corrected chi connectivity index (χ3v) is 9.82. The predicted octanol–water partition coefficient (Wildman–Crippen LogP) is 13.9. The molecular formula is C40H80N2. The summed E-state index contributed by atoms with van der Waals surface area (Å²) in [5.41, 5.74) is 0. The Morgan fingerprint density at radius 1 is 0.310 bits per heavy atom. The summed E-state index contributed by atoms with van der Waals surface area (Å²) in [6.45, 7) is 9.48. The number of rotatable bonds is 34. The van der Waals surface area contributed by atoms with Crippen LogP contribution in [-0.4, -0.2) is 29.1 Å². The summed E-state index contributed by atoms with van der Waals surface area (Å²) in [6.07, 6.45) is 51.4. The standard InChI is InChI=1S/C40H80N2/c1-4-7-10-13-16-18-20-22-23-25-27-29-32-35-40-41(36-33-30-15-12-9-6-3)38-39-42(40)37-34-31-28-26-24-21-19-17-14-11-8-5-2/h38-40H,4-37H2,1-3H3. The summed E-state index contributed by atoms with van der Waals surface area (Å²) in [5, 5.41) is 0. The molecule has 0 spiro atoms. The lowest BCUT2D eigenvalue weighted by Gasteiger charge is -2.33. The van der Waals surface area contributed by atoms with E-state index in [2.05, 4.69) is 43.0 Å². The Morgan fingerprint density at radius 3 is 0.833 bits per heavy atom. The molecule has 0 saturated carbocycles. The van der Waals surface area contributed by atoms with E-state index in [4.69, 9.17) is 0 Å². The zero-order chi connectivity index (χ0) is 30.2. The largest absolute Gasteiger partial charge is 0.356 e. The van der Waals surface area contributed by atoms with E-state index >= 15 is 0 Å². The topological polar surface area (TPSA) is 6.48 Å². The van der Waals surface area contributed by atoms with Crippen molar-refractivity contribution in [2.75, 3.05) is 13.1 Å². The molecule has 1 atom stereocenters. The molecule has 0 aromatic rings. The monoisotopic (exact) mass is 589 g/mol. The summed E-state index contributed by atoms with van der Waals surface area (Å²) in [5.74, 6) is 0. The summed E-state index contributed by atoms with van der Waals surface area (Å²) < 4.78 is 0. The van der Waals surface area contributed by atoms with E-state index in [0.29, 0.717) is 6.17 Å². The Bertz CT molecular complexity index is 544. The Kier molecular flexibility index (Phi) is 29.8. The third kappa shape index (κ3) is 23.8. The first-order valence-corrected chi connectivity index (χ1v) is 20.0. The third-order valence-electron chi connectivity index (χ3n) is 9.82. The smallest absolute Gasteiger partial charge is 0.101 e. The molecule has 2 heteroatoms. The Balaban J connectivity index is 2.18. The van der Waals surface area contributed by atoms with Crippen LogP contribution in [0.25, 0.3) is 0 Å². The predicted molar refractivity (Wildman–Crippen MR) is 191 cm³/mol. The van der Waals surface area contributed by atoms with Crippen LogP contribution in [0.15, 0.2) is 12.4 Å². The van der Waals surface area contributed by atoms with Gasteiger partial charge in [-0.1, -0.05) is 201 Å². The van der Waals surface area contributed by atoms with Gasteiger partial charge in [0.1, 0.15) is 6.17 Å². The molecule has 0 aliphatic carbocycles. The molecule has 0 saturated heterocycles. The van der Waals surface area contributed by atoms with Crippen molar-refractivity contribution in [3.8, 4) is 0 Å². The molecule has 0 fully saturated rings. The van der Waals surface area contributed by atoms with Gasteiger partial charge in [0.25, 0.3) is 0 Å². The maximum atomic E-state index is 2.72. The fraction of sp³-hybridized carbons (Fsp3) is 0.950. The SMILES string of the molecule is CCCCCCCCCCCCCCCC1N(CCCCCCCC)C=CN1CCCCCCCCCCCCCC. The van der Waals surface area contributed by atoms with Gasteiger partial charge in [0.05, 0.1) is 0 Å². The normalized spacial score (nSPS) is 15.0. The molecule has 0 N–H and O–H groups in total. The maximum Gasteiger partial charge on any atom is 0.101 e. The average molecular weight is 589 g/mol. The van der Waals surface area contributed by atoms with E-state index in [1.807, 2.05) is 0 Å². The van der Waals surface area contributed by atoms with Crippen molar-refractivity contribution >= 4 is 0 Å². The van der Waals surface area contributed by atoms with Crippen molar-refractivity contribution < 1.29 is 0 Å². The quantitative estimate of drug-likeness (QED) is 0.0690. The Hall–Kier alpha value is -0.660. The second kappa shape index (κ2) is 31.8. The van der Waals surface area contributed by atoms with Gasteiger partial charge in [-0.25, -0.2) is 0 Å². The van der Waals surface area contributed by atoms with Crippen LogP contribution < -0.4 is 0 Å². The lowest BCUT2D eigenvalue weighted by Crippen LogP contribution is -2.39. The number of hydrogen-bond acceptors (Lipinski definition) is 2. The second-order valence-corrected chi connectivity index (χ2v) is 13.9. The first kappa shape index (κ1) is 39.4. The van der Waals surface area contributed by atoms with Crippen molar-refractivity contribution in [1.82, 2.24) is 9.80 Å². The molecule has 1 heterocycles. The van der Waals surface area contributed by atoms with Crippen LogP contribution in [0.4, 0.5) is 0 Å². The van der Waals surface area contributed by atoms with Crippen LogP contribution in [0, 0.1) is 0 Å². The van der Waals surface area contributed by atoms with E-state index in [9.17, 15) is 0 Å². The van der Waals surface area contributed by atoms with Crippen molar-refractivity contribution in [3.63, 3.8) is 0 Å². The minimum absolute atomic E-state index is 0.640. The van der Waals surface area contributed by atoms with E-state index in [1.165, 1.54) is 219 Å². The van der Waals surface area contributed by atoms with Gasteiger partial charge >= 0.3 is 0 Å². The molecule has 42 heavy (non-hydrogen) atoms. The van der Waals surface area contributed by atoms with Gasteiger partial charge in [0.2, 0.25) is 0 Å². The molecule has 0 aromatic heterocycles. The molecule has 0 bridgehead atoms.